The second kappa shape index (κ2) is 7.75. The molecule has 0 aromatic carbocycles. The van der Waals surface area contributed by atoms with E-state index in [0.29, 0.717) is 6.54 Å². The summed E-state index contributed by atoms with van der Waals surface area (Å²) in [5.74, 6) is -0.0887. The molecule has 0 fully saturated rings. The number of carbonyl (C=O) groups is 1. The standard InChI is InChI=1S/C11H21N5O2/c1-3-5-7-16-10(12-13-14-16)8-15(6-4-2)9-11(17)18/h3-9H2,1-2H3,(H,17,18). The smallest absolute Gasteiger partial charge is 0.317 e. The Balaban J connectivity index is 2.61. The lowest BCUT2D eigenvalue weighted by Crippen LogP contribution is -2.31. The van der Waals surface area contributed by atoms with E-state index in [1.807, 2.05) is 11.8 Å². The van der Waals surface area contributed by atoms with Gasteiger partial charge in [0.25, 0.3) is 0 Å². The molecule has 1 aromatic rings. The summed E-state index contributed by atoms with van der Waals surface area (Å²) in [6.45, 7) is 6.15. The number of rotatable bonds is 9. The highest BCUT2D eigenvalue weighted by Gasteiger charge is 2.13. The van der Waals surface area contributed by atoms with Crippen molar-refractivity contribution in [1.29, 1.82) is 0 Å². The van der Waals surface area contributed by atoms with E-state index < -0.39 is 5.97 Å². The van der Waals surface area contributed by atoms with Gasteiger partial charge in [-0.3, -0.25) is 9.69 Å². The number of hydrogen-bond donors (Lipinski definition) is 1. The van der Waals surface area contributed by atoms with Crippen LogP contribution in [0.15, 0.2) is 0 Å². The van der Waals surface area contributed by atoms with E-state index in [4.69, 9.17) is 5.11 Å². The monoisotopic (exact) mass is 255 g/mol. The van der Waals surface area contributed by atoms with Crippen LogP contribution in [0.1, 0.15) is 38.9 Å². The maximum absolute atomic E-state index is 10.8. The number of aryl methyl sites for hydroxylation is 1. The van der Waals surface area contributed by atoms with Crippen molar-refractivity contribution in [1.82, 2.24) is 25.1 Å². The predicted molar refractivity (Wildman–Crippen MR) is 65.9 cm³/mol. The Labute approximate surface area is 107 Å². The number of aromatic nitrogens is 4. The van der Waals surface area contributed by atoms with E-state index in [-0.39, 0.29) is 6.54 Å². The third-order valence-corrected chi connectivity index (χ3v) is 2.59. The Hall–Kier alpha value is -1.50. The van der Waals surface area contributed by atoms with Crippen molar-refractivity contribution in [3.8, 4) is 0 Å². The van der Waals surface area contributed by atoms with Crippen molar-refractivity contribution in [2.45, 2.75) is 46.2 Å². The van der Waals surface area contributed by atoms with Gasteiger partial charge in [0.05, 0.1) is 13.1 Å². The normalized spacial score (nSPS) is 11.1. The Morgan fingerprint density at radius 3 is 2.78 bits per heavy atom. The molecular weight excluding hydrogens is 234 g/mol. The van der Waals surface area contributed by atoms with Crippen molar-refractivity contribution < 1.29 is 9.90 Å². The molecule has 1 aromatic heterocycles. The van der Waals surface area contributed by atoms with E-state index in [9.17, 15) is 4.79 Å². The van der Waals surface area contributed by atoms with Crippen LogP contribution in [0, 0.1) is 0 Å². The van der Waals surface area contributed by atoms with E-state index in [1.165, 1.54) is 0 Å². The summed E-state index contributed by atoms with van der Waals surface area (Å²) in [4.78, 5) is 12.6. The lowest BCUT2D eigenvalue weighted by atomic mass is 10.3. The molecule has 0 bridgehead atoms. The summed E-state index contributed by atoms with van der Waals surface area (Å²) in [6.07, 6.45) is 3.00. The van der Waals surface area contributed by atoms with Gasteiger partial charge in [-0.25, -0.2) is 4.68 Å². The highest BCUT2D eigenvalue weighted by Crippen LogP contribution is 2.03. The van der Waals surface area contributed by atoms with E-state index in [0.717, 1.165) is 38.2 Å². The lowest BCUT2D eigenvalue weighted by molar-refractivity contribution is -0.138. The fourth-order valence-electron chi connectivity index (χ4n) is 1.74. The molecule has 0 saturated carbocycles. The number of tetrazole rings is 1. The molecule has 0 aliphatic heterocycles. The molecule has 0 amide bonds. The van der Waals surface area contributed by atoms with E-state index in [1.54, 1.807) is 4.68 Å². The first-order chi connectivity index (χ1) is 8.67. The Morgan fingerprint density at radius 1 is 1.39 bits per heavy atom. The molecule has 1 rings (SSSR count). The van der Waals surface area contributed by atoms with Crippen LogP contribution in [-0.2, 0) is 17.9 Å². The Kier molecular flexibility index (Phi) is 6.27. The zero-order chi connectivity index (χ0) is 13.4. The second-order valence-electron chi connectivity index (χ2n) is 4.28. The van der Waals surface area contributed by atoms with Crippen LogP contribution in [-0.4, -0.2) is 49.3 Å². The van der Waals surface area contributed by atoms with Gasteiger partial charge in [0.2, 0.25) is 0 Å². The number of carboxylic acids is 1. The van der Waals surface area contributed by atoms with Crippen molar-refractivity contribution >= 4 is 5.97 Å². The molecule has 0 spiro atoms. The van der Waals surface area contributed by atoms with Crippen LogP contribution in [0.5, 0.6) is 0 Å². The lowest BCUT2D eigenvalue weighted by Gasteiger charge is -2.18. The molecule has 1 N–H and O–H groups in total. The van der Waals surface area contributed by atoms with Crippen molar-refractivity contribution in [3.05, 3.63) is 5.82 Å². The second-order valence-corrected chi connectivity index (χ2v) is 4.28. The van der Waals surface area contributed by atoms with Gasteiger partial charge >= 0.3 is 5.97 Å². The summed E-state index contributed by atoms with van der Waals surface area (Å²) in [5.41, 5.74) is 0. The van der Waals surface area contributed by atoms with Crippen LogP contribution in [0.4, 0.5) is 0 Å². The highest BCUT2D eigenvalue weighted by molar-refractivity contribution is 5.69. The third kappa shape index (κ3) is 4.79. The quantitative estimate of drug-likeness (QED) is 0.701. The van der Waals surface area contributed by atoms with Crippen LogP contribution >= 0.6 is 0 Å². The molecular formula is C11H21N5O2. The first-order valence-electron chi connectivity index (χ1n) is 6.36. The van der Waals surface area contributed by atoms with Gasteiger partial charge in [-0.2, -0.15) is 0 Å². The summed E-state index contributed by atoms with van der Waals surface area (Å²) in [7, 11) is 0. The van der Waals surface area contributed by atoms with Crippen LogP contribution < -0.4 is 0 Å². The van der Waals surface area contributed by atoms with Crippen LogP contribution in [0.2, 0.25) is 0 Å². The summed E-state index contributed by atoms with van der Waals surface area (Å²) in [5, 5.41) is 20.4. The molecule has 1 heterocycles. The topological polar surface area (TPSA) is 84.1 Å². The SMILES string of the molecule is CCCCn1nnnc1CN(CCC)CC(=O)O. The summed E-state index contributed by atoms with van der Waals surface area (Å²) in [6, 6.07) is 0. The molecule has 0 radical (unpaired) electrons. The Bertz CT molecular complexity index is 366. The van der Waals surface area contributed by atoms with Gasteiger partial charge in [0, 0.05) is 6.54 Å². The van der Waals surface area contributed by atoms with Crippen molar-refractivity contribution in [2.24, 2.45) is 0 Å². The summed E-state index contributed by atoms with van der Waals surface area (Å²) >= 11 is 0. The maximum Gasteiger partial charge on any atom is 0.317 e. The minimum absolute atomic E-state index is 0.0223. The van der Waals surface area contributed by atoms with Crippen molar-refractivity contribution in [2.75, 3.05) is 13.1 Å². The average Bonchev–Trinajstić information content (AvgIpc) is 2.73. The van der Waals surface area contributed by atoms with Gasteiger partial charge in [0.1, 0.15) is 0 Å². The van der Waals surface area contributed by atoms with Crippen LogP contribution in [0.3, 0.4) is 0 Å². The zero-order valence-corrected chi connectivity index (χ0v) is 11.0. The van der Waals surface area contributed by atoms with Gasteiger partial charge in [0.15, 0.2) is 5.82 Å². The Morgan fingerprint density at radius 2 is 2.17 bits per heavy atom. The fourth-order valence-corrected chi connectivity index (χ4v) is 1.74. The molecule has 0 aliphatic carbocycles. The molecule has 18 heavy (non-hydrogen) atoms. The van der Waals surface area contributed by atoms with Crippen LogP contribution in [0.25, 0.3) is 0 Å². The number of unbranched alkanes of at least 4 members (excludes halogenated alkanes) is 1. The maximum atomic E-state index is 10.8. The predicted octanol–water partition coefficient (Wildman–Crippen LogP) is 0.770. The molecule has 0 atom stereocenters. The largest absolute Gasteiger partial charge is 0.480 e. The molecule has 102 valence electrons. The first kappa shape index (κ1) is 14.6. The van der Waals surface area contributed by atoms with Crippen molar-refractivity contribution in [3.63, 3.8) is 0 Å². The highest BCUT2D eigenvalue weighted by atomic mass is 16.4. The molecule has 7 nitrogen and oxygen atoms in total. The van der Waals surface area contributed by atoms with Gasteiger partial charge in [-0.15, -0.1) is 5.10 Å². The van der Waals surface area contributed by atoms with Gasteiger partial charge < -0.3 is 5.11 Å². The van der Waals surface area contributed by atoms with E-state index in [2.05, 4.69) is 22.4 Å². The van der Waals surface area contributed by atoms with Gasteiger partial charge in [-0.1, -0.05) is 20.3 Å². The first-order valence-corrected chi connectivity index (χ1v) is 6.36. The summed E-state index contributed by atoms with van der Waals surface area (Å²) < 4.78 is 1.76. The molecule has 0 saturated heterocycles. The number of aliphatic carboxylic acids is 1. The number of carboxylic acid groups (broad SMARTS) is 1. The molecule has 7 heteroatoms. The van der Waals surface area contributed by atoms with E-state index >= 15 is 0 Å². The minimum atomic E-state index is -0.823. The van der Waals surface area contributed by atoms with Gasteiger partial charge in [-0.05, 0) is 29.8 Å². The average molecular weight is 255 g/mol. The third-order valence-electron chi connectivity index (χ3n) is 2.59. The molecule has 0 aliphatic rings. The number of nitrogens with zero attached hydrogens (tertiary/aromatic N) is 5. The zero-order valence-electron chi connectivity index (χ0n) is 11.0. The minimum Gasteiger partial charge on any atom is -0.480 e. The molecule has 0 unspecified atom stereocenters. The number of hydrogen-bond acceptors (Lipinski definition) is 5. The fraction of sp³-hybridized carbons (Fsp3) is 0.818.